The molecular formula is C19H27N3O. The number of carbonyl (C=O) groups excluding carboxylic acids is 1. The number of likely N-dealkylation sites (N-methyl/N-ethyl adjacent to an activating group) is 1. The summed E-state index contributed by atoms with van der Waals surface area (Å²) < 4.78 is 0. The summed E-state index contributed by atoms with van der Waals surface area (Å²) in [5.41, 5.74) is 3.20. The molecule has 1 amide bonds. The second-order valence-electron chi connectivity index (χ2n) is 6.67. The molecule has 1 aliphatic carbocycles. The SMILES string of the molecule is Cc1cccc(N(CCC#N)C(=O)CN(C)C(C)C2CC2)c1C. The van der Waals surface area contributed by atoms with Gasteiger partial charge in [-0.1, -0.05) is 12.1 Å². The van der Waals surface area contributed by atoms with Gasteiger partial charge in [-0.25, -0.2) is 0 Å². The second kappa shape index (κ2) is 7.61. The van der Waals surface area contributed by atoms with Gasteiger partial charge in [0, 0.05) is 18.3 Å². The average molecular weight is 313 g/mol. The molecule has 4 heteroatoms. The Hall–Kier alpha value is -1.86. The lowest BCUT2D eigenvalue weighted by molar-refractivity contribution is -0.120. The quantitative estimate of drug-likeness (QED) is 0.776. The maximum atomic E-state index is 12.8. The highest BCUT2D eigenvalue weighted by atomic mass is 16.2. The topological polar surface area (TPSA) is 47.3 Å². The van der Waals surface area contributed by atoms with E-state index < -0.39 is 0 Å². The Morgan fingerprint density at radius 2 is 2.09 bits per heavy atom. The van der Waals surface area contributed by atoms with E-state index in [2.05, 4.69) is 17.9 Å². The maximum Gasteiger partial charge on any atom is 0.241 e. The fraction of sp³-hybridized carbons (Fsp3) is 0.579. The highest BCUT2D eigenvalue weighted by Gasteiger charge is 2.31. The lowest BCUT2D eigenvalue weighted by Gasteiger charge is -2.29. The third-order valence-corrected chi connectivity index (χ3v) is 5.00. The Morgan fingerprint density at radius 3 is 2.70 bits per heavy atom. The van der Waals surface area contributed by atoms with Gasteiger partial charge in [0.05, 0.1) is 19.0 Å². The van der Waals surface area contributed by atoms with Crippen LogP contribution in [-0.4, -0.2) is 37.0 Å². The van der Waals surface area contributed by atoms with Crippen molar-refractivity contribution in [2.24, 2.45) is 5.92 Å². The summed E-state index contributed by atoms with van der Waals surface area (Å²) in [6, 6.07) is 8.59. The minimum absolute atomic E-state index is 0.0731. The molecule has 0 aromatic heterocycles. The first-order chi connectivity index (χ1) is 11.0. The van der Waals surface area contributed by atoms with E-state index in [9.17, 15) is 4.79 Å². The van der Waals surface area contributed by atoms with E-state index in [0.29, 0.717) is 25.6 Å². The molecule has 1 aromatic carbocycles. The number of carbonyl (C=O) groups is 1. The number of anilines is 1. The molecule has 0 bridgehead atoms. The molecular weight excluding hydrogens is 286 g/mol. The van der Waals surface area contributed by atoms with Crippen LogP contribution in [0.25, 0.3) is 0 Å². The van der Waals surface area contributed by atoms with E-state index in [1.807, 2.05) is 39.1 Å². The Balaban J connectivity index is 2.15. The summed E-state index contributed by atoms with van der Waals surface area (Å²) in [4.78, 5) is 16.8. The van der Waals surface area contributed by atoms with Crippen LogP contribution in [0.4, 0.5) is 5.69 Å². The van der Waals surface area contributed by atoms with Gasteiger partial charge in [0.15, 0.2) is 0 Å². The van der Waals surface area contributed by atoms with Crippen LogP contribution in [0.1, 0.15) is 37.3 Å². The molecule has 2 rings (SSSR count). The molecule has 1 aromatic rings. The van der Waals surface area contributed by atoms with Gasteiger partial charge >= 0.3 is 0 Å². The maximum absolute atomic E-state index is 12.8. The van der Waals surface area contributed by atoms with Gasteiger partial charge < -0.3 is 4.90 Å². The second-order valence-corrected chi connectivity index (χ2v) is 6.67. The third-order valence-electron chi connectivity index (χ3n) is 5.00. The van der Waals surface area contributed by atoms with Crippen molar-refractivity contribution in [2.45, 2.75) is 46.1 Å². The van der Waals surface area contributed by atoms with Gasteiger partial charge in [0.1, 0.15) is 0 Å². The van der Waals surface area contributed by atoms with Crippen LogP contribution in [-0.2, 0) is 4.79 Å². The highest BCUT2D eigenvalue weighted by Crippen LogP contribution is 2.34. The van der Waals surface area contributed by atoms with Gasteiger partial charge in [-0.15, -0.1) is 0 Å². The number of rotatable bonds is 7. The van der Waals surface area contributed by atoms with E-state index in [4.69, 9.17) is 5.26 Å². The van der Waals surface area contributed by atoms with E-state index in [0.717, 1.165) is 22.7 Å². The van der Waals surface area contributed by atoms with Gasteiger partial charge in [-0.05, 0) is 63.8 Å². The van der Waals surface area contributed by atoms with Crippen LogP contribution in [0.15, 0.2) is 18.2 Å². The average Bonchev–Trinajstić information content (AvgIpc) is 3.35. The van der Waals surface area contributed by atoms with Crippen molar-refractivity contribution in [3.05, 3.63) is 29.3 Å². The molecule has 0 spiro atoms. The smallest absolute Gasteiger partial charge is 0.241 e. The Morgan fingerprint density at radius 1 is 1.39 bits per heavy atom. The lowest BCUT2D eigenvalue weighted by Crippen LogP contribution is -2.43. The molecule has 23 heavy (non-hydrogen) atoms. The van der Waals surface area contributed by atoms with E-state index in [1.165, 1.54) is 12.8 Å². The Labute approximate surface area is 139 Å². The number of nitrogens with zero attached hydrogens (tertiary/aromatic N) is 3. The van der Waals surface area contributed by atoms with Crippen molar-refractivity contribution < 1.29 is 4.79 Å². The van der Waals surface area contributed by atoms with Crippen molar-refractivity contribution in [3.8, 4) is 6.07 Å². The zero-order valence-electron chi connectivity index (χ0n) is 14.7. The molecule has 0 aliphatic heterocycles. The van der Waals surface area contributed by atoms with Crippen molar-refractivity contribution in [1.29, 1.82) is 5.26 Å². The van der Waals surface area contributed by atoms with Crippen molar-refractivity contribution in [1.82, 2.24) is 4.90 Å². The summed E-state index contributed by atoms with van der Waals surface area (Å²) in [5, 5.41) is 8.92. The standard InChI is InChI=1S/C19H27N3O/c1-14-7-5-8-18(15(14)2)22(12-6-11-20)19(23)13-21(4)16(3)17-9-10-17/h5,7-8,16-17H,6,9-10,12-13H2,1-4H3. The fourth-order valence-corrected chi connectivity index (χ4v) is 2.95. The predicted octanol–water partition coefficient (Wildman–Crippen LogP) is 3.28. The van der Waals surface area contributed by atoms with Crippen LogP contribution in [0.2, 0.25) is 0 Å². The summed E-state index contributed by atoms with van der Waals surface area (Å²) in [7, 11) is 2.02. The van der Waals surface area contributed by atoms with Gasteiger partial charge in [0.25, 0.3) is 0 Å². The van der Waals surface area contributed by atoms with Crippen LogP contribution < -0.4 is 4.90 Å². The fourth-order valence-electron chi connectivity index (χ4n) is 2.95. The number of nitriles is 1. The minimum Gasteiger partial charge on any atom is -0.310 e. The van der Waals surface area contributed by atoms with E-state index >= 15 is 0 Å². The summed E-state index contributed by atoms with van der Waals surface area (Å²) in [5.74, 6) is 0.810. The largest absolute Gasteiger partial charge is 0.310 e. The number of hydrogen-bond acceptors (Lipinski definition) is 3. The van der Waals surface area contributed by atoms with E-state index in [1.54, 1.807) is 4.90 Å². The van der Waals surface area contributed by atoms with Crippen molar-refractivity contribution in [3.63, 3.8) is 0 Å². The van der Waals surface area contributed by atoms with Crippen LogP contribution in [0, 0.1) is 31.1 Å². The lowest BCUT2D eigenvalue weighted by atomic mass is 10.1. The number of amides is 1. The van der Waals surface area contributed by atoms with Crippen molar-refractivity contribution in [2.75, 3.05) is 25.0 Å². The molecule has 0 heterocycles. The molecule has 1 unspecified atom stereocenters. The Bertz CT molecular complexity index is 601. The molecule has 4 nitrogen and oxygen atoms in total. The van der Waals surface area contributed by atoms with Gasteiger partial charge in [0.2, 0.25) is 5.91 Å². The number of benzene rings is 1. The molecule has 124 valence electrons. The molecule has 1 saturated carbocycles. The van der Waals surface area contributed by atoms with E-state index in [-0.39, 0.29) is 5.91 Å². The Kier molecular flexibility index (Phi) is 5.79. The van der Waals surface area contributed by atoms with Crippen LogP contribution in [0.5, 0.6) is 0 Å². The molecule has 0 radical (unpaired) electrons. The third kappa shape index (κ3) is 4.33. The molecule has 1 atom stereocenters. The summed E-state index contributed by atoms with van der Waals surface area (Å²) in [6.07, 6.45) is 2.89. The molecule has 0 N–H and O–H groups in total. The summed E-state index contributed by atoms with van der Waals surface area (Å²) in [6.45, 7) is 7.13. The summed E-state index contributed by atoms with van der Waals surface area (Å²) >= 11 is 0. The highest BCUT2D eigenvalue weighted by molar-refractivity contribution is 5.95. The zero-order chi connectivity index (χ0) is 17.0. The molecule has 1 fully saturated rings. The first kappa shape index (κ1) is 17.5. The molecule has 1 aliphatic rings. The number of hydrogen-bond donors (Lipinski definition) is 0. The normalized spacial score (nSPS) is 15.3. The first-order valence-corrected chi connectivity index (χ1v) is 8.39. The predicted molar refractivity (Wildman–Crippen MR) is 93.3 cm³/mol. The number of aryl methyl sites for hydroxylation is 1. The zero-order valence-corrected chi connectivity index (χ0v) is 14.7. The van der Waals surface area contributed by atoms with Gasteiger partial charge in [-0.3, -0.25) is 9.69 Å². The van der Waals surface area contributed by atoms with Gasteiger partial charge in [-0.2, -0.15) is 5.26 Å². The van der Waals surface area contributed by atoms with Crippen molar-refractivity contribution >= 4 is 11.6 Å². The van der Waals surface area contributed by atoms with Crippen LogP contribution in [0.3, 0.4) is 0 Å². The first-order valence-electron chi connectivity index (χ1n) is 8.39. The minimum atomic E-state index is 0.0731. The monoisotopic (exact) mass is 313 g/mol. The molecule has 0 saturated heterocycles. The van der Waals surface area contributed by atoms with Crippen LogP contribution >= 0.6 is 0 Å².